The summed E-state index contributed by atoms with van der Waals surface area (Å²) in [6.07, 6.45) is 0. The fraction of sp³-hybridized carbons (Fsp3) is 0.227. The fourth-order valence-electron chi connectivity index (χ4n) is 2.96. The molecule has 0 saturated heterocycles. The van der Waals surface area contributed by atoms with Crippen LogP contribution in [-0.2, 0) is 4.79 Å². The summed E-state index contributed by atoms with van der Waals surface area (Å²) in [5.74, 6) is 1.10. The number of nitrogens with zero attached hydrogens (tertiary/aromatic N) is 1. The summed E-state index contributed by atoms with van der Waals surface area (Å²) in [6, 6.07) is 19.3. The van der Waals surface area contributed by atoms with Gasteiger partial charge in [0.05, 0.1) is 14.2 Å². The Morgan fingerprint density at radius 3 is 2.33 bits per heavy atom. The van der Waals surface area contributed by atoms with E-state index in [2.05, 4.69) is 29.6 Å². The number of nitrogens with one attached hydrogen (secondary N) is 1. The number of benzene rings is 3. The Hall–Kier alpha value is -3.21. The highest BCUT2D eigenvalue weighted by atomic mass is 16.5. The number of anilines is 2. The Labute approximate surface area is 159 Å². The molecule has 0 radical (unpaired) electrons. The van der Waals surface area contributed by atoms with Crippen molar-refractivity contribution in [1.82, 2.24) is 0 Å². The van der Waals surface area contributed by atoms with E-state index in [4.69, 9.17) is 9.47 Å². The number of ether oxygens (including phenoxy) is 2. The van der Waals surface area contributed by atoms with E-state index in [1.165, 1.54) is 5.39 Å². The summed E-state index contributed by atoms with van der Waals surface area (Å²) in [5.41, 5.74) is 1.65. The third-order valence-corrected chi connectivity index (χ3v) is 4.75. The van der Waals surface area contributed by atoms with Gasteiger partial charge in [0, 0.05) is 24.5 Å². The smallest absolute Gasteiger partial charge is 0.246 e. The molecule has 27 heavy (non-hydrogen) atoms. The zero-order valence-corrected chi connectivity index (χ0v) is 16.0. The second-order valence-corrected chi connectivity index (χ2v) is 6.38. The van der Waals surface area contributed by atoms with Crippen molar-refractivity contribution in [3.05, 3.63) is 60.7 Å². The number of likely N-dealkylation sites (N-methyl/N-ethyl adjacent to an activating group) is 1. The highest BCUT2D eigenvalue weighted by Gasteiger charge is 2.19. The van der Waals surface area contributed by atoms with Crippen LogP contribution in [0.4, 0.5) is 11.4 Å². The van der Waals surface area contributed by atoms with Crippen molar-refractivity contribution < 1.29 is 14.3 Å². The Morgan fingerprint density at radius 2 is 1.63 bits per heavy atom. The Morgan fingerprint density at radius 1 is 0.926 bits per heavy atom. The predicted octanol–water partition coefficient (Wildman–Crippen LogP) is 4.32. The third kappa shape index (κ3) is 3.97. The van der Waals surface area contributed by atoms with E-state index in [-0.39, 0.29) is 11.9 Å². The molecule has 1 unspecified atom stereocenters. The topological polar surface area (TPSA) is 50.8 Å². The van der Waals surface area contributed by atoms with Crippen LogP contribution in [0.3, 0.4) is 0 Å². The molecule has 0 aliphatic rings. The predicted molar refractivity (Wildman–Crippen MR) is 110 cm³/mol. The van der Waals surface area contributed by atoms with Crippen LogP contribution in [0.15, 0.2) is 60.7 Å². The van der Waals surface area contributed by atoms with Gasteiger partial charge in [-0.1, -0.05) is 30.3 Å². The van der Waals surface area contributed by atoms with Gasteiger partial charge in [-0.05, 0) is 42.0 Å². The number of hydrogen-bond acceptors (Lipinski definition) is 4. The summed E-state index contributed by atoms with van der Waals surface area (Å²) >= 11 is 0. The fourth-order valence-corrected chi connectivity index (χ4v) is 2.96. The molecular weight excluding hydrogens is 340 g/mol. The van der Waals surface area contributed by atoms with Crippen LogP contribution in [0.2, 0.25) is 0 Å². The molecule has 3 rings (SSSR count). The SMILES string of the molecule is COc1ccc(NC(=O)C(C)N(C)c2ccc3ccccc3c2)cc1OC. The minimum absolute atomic E-state index is 0.0992. The lowest BCUT2D eigenvalue weighted by molar-refractivity contribution is -0.117. The molecule has 0 bridgehead atoms. The van der Waals surface area contributed by atoms with Crippen molar-refractivity contribution >= 4 is 28.1 Å². The highest BCUT2D eigenvalue weighted by molar-refractivity contribution is 5.97. The van der Waals surface area contributed by atoms with Crippen molar-refractivity contribution in [3.63, 3.8) is 0 Å². The minimum atomic E-state index is -0.348. The van der Waals surface area contributed by atoms with Crippen LogP contribution in [0.1, 0.15) is 6.92 Å². The summed E-state index contributed by atoms with van der Waals surface area (Å²) < 4.78 is 10.5. The lowest BCUT2D eigenvalue weighted by atomic mass is 10.1. The second-order valence-electron chi connectivity index (χ2n) is 6.38. The average molecular weight is 364 g/mol. The van der Waals surface area contributed by atoms with E-state index < -0.39 is 0 Å². The molecule has 0 saturated carbocycles. The molecule has 140 valence electrons. The van der Waals surface area contributed by atoms with Gasteiger partial charge in [0.2, 0.25) is 5.91 Å². The third-order valence-electron chi connectivity index (χ3n) is 4.75. The van der Waals surface area contributed by atoms with Crippen molar-refractivity contribution in [2.24, 2.45) is 0 Å². The van der Waals surface area contributed by atoms with Crippen molar-refractivity contribution in [2.75, 3.05) is 31.5 Å². The lowest BCUT2D eigenvalue weighted by Gasteiger charge is -2.26. The van der Waals surface area contributed by atoms with Gasteiger partial charge < -0.3 is 19.7 Å². The molecule has 3 aromatic rings. The van der Waals surface area contributed by atoms with E-state index in [0.29, 0.717) is 17.2 Å². The van der Waals surface area contributed by atoms with E-state index in [9.17, 15) is 4.79 Å². The number of amides is 1. The van der Waals surface area contributed by atoms with Crippen LogP contribution < -0.4 is 19.7 Å². The molecule has 0 aliphatic carbocycles. The van der Waals surface area contributed by atoms with Gasteiger partial charge in [0.15, 0.2) is 11.5 Å². The van der Waals surface area contributed by atoms with Gasteiger partial charge in [0.1, 0.15) is 6.04 Å². The molecule has 0 heterocycles. The van der Waals surface area contributed by atoms with Gasteiger partial charge in [-0.25, -0.2) is 0 Å². The normalized spacial score (nSPS) is 11.7. The minimum Gasteiger partial charge on any atom is -0.493 e. The number of methoxy groups -OCH3 is 2. The van der Waals surface area contributed by atoms with Crippen LogP contribution in [0, 0.1) is 0 Å². The lowest BCUT2D eigenvalue weighted by Crippen LogP contribution is -2.39. The zero-order valence-electron chi connectivity index (χ0n) is 16.0. The number of fused-ring (bicyclic) bond motifs is 1. The number of rotatable bonds is 6. The standard InChI is InChI=1S/C22H24N2O3/c1-15(22(25)23-18-10-12-20(26-3)21(14-18)27-4)24(2)19-11-9-16-7-5-6-8-17(16)13-19/h5-15H,1-4H3,(H,23,25). The number of carbonyl (C=O) groups excluding carboxylic acids is 1. The van der Waals surface area contributed by atoms with Crippen LogP contribution >= 0.6 is 0 Å². The summed E-state index contributed by atoms with van der Waals surface area (Å²) in [7, 11) is 5.07. The molecule has 3 aromatic carbocycles. The number of carbonyl (C=O) groups is 1. The van der Waals surface area contributed by atoms with E-state index >= 15 is 0 Å². The van der Waals surface area contributed by atoms with Crippen LogP contribution in [0.5, 0.6) is 11.5 Å². The van der Waals surface area contributed by atoms with Gasteiger partial charge in [-0.2, -0.15) is 0 Å². The van der Waals surface area contributed by atoms with Gasteiger partial charge in [-0.15, -0.1) is 0 Å². The quantitative estimate of drug-likeness (QED) is 0.708. The Bertz CT molecular complexity index is 955. The first-order chi connectivity index (χ1) is 13.0. The molecule has 0 fully saturated rings. The highest BCUT2D eigenvalue weighted by Crippen LogP contribution is 2.30. The van der Waals surface area contributed by atoms with Crippen molar-refractivity contribution in [1.29, 1.82) is 0 Å². The Kier molecular flexibility index (Phi) is 5.50. The first-order valence-corrected chi connectivity index (χ1v) is 8.78. The van der Waals surface area contributed by atoms with E-state index in [1.807, 2.05) is 37.1 Å². The largest absolute Gasteiger partial charge is 0.493 e. The first-order valence-electron chi connectivity index (χ1n) is 8.78. The number of hydrogen-bond donors (Lipinski definition) is 1. The summed E-state index contributed by atoms with van der Waals surface area (Å²) in [5, 5.41) is 5.26. The van der Waals surface area contributed by atoms with E-state index in [1.54, 1.807) is 32.4 Å². The van der Waals surface area contributed by atoms with Gasteiger partial charge in [-0.3, -0.25) is 4.79 Å². The molecule has 5 nitrogen and oxygen atoms in total. The maximum Gasteiger partial charge on any atom is 0.246 e. The maximum absolute atomic E-state index is 12.7. The van der Waals surface area contributed by atoms with Crippen LogP contribution in [-0.4, -0.2) is 33.2 Å². The molecule has 1 atom stereocenters. The summed E-state index contributed by atoms with van der Waals surface area (Å²) in [4.78, 5) is 14.7. The van der Waals surface area contributed by atoms with Crippen LogP contribution in [0.25, 0.3) is 10.8 Å². The Balaban J connectivity index is 1.75. The molecular formula is C22H24N2O3. The molecule has 5 heteroatoms. The first kappa shape index (κ1) is 18.6. The van der Waals surface area contributed by atoms with Gasteiger partial charge in [0.25, 0.3) is 0 Å². The molecule has 0 aromatic heterocycles. The van der Waals surface area contributed by atoms with E-state index in [0.717, 1.165) is 11.1 Å². The van der Waals surface area contributed by atoms with Gasteiger partial charge >= 0.3 is 0 Å². The summed E-state index contributed by atoms with van der Waals surface area (Å²) in [6.45, 7) is 1.88. The zero-order chi connectivity index (χ0) is 19.4. The maximum atomic E-state index is 12.7. The molecule has 0 spiro atoms. The van der Waals surface area contributed by atoms with Crippen molar-refractivity contribution in [3.8, 4) is 11.5 Å². The molecule has 0 aliphatic heterocycles. The average Bonchev–Trinajstić information content (AvgIpc) is 2.72. The molecule has 1 amide bonds. The monoisotopic (exact) mass is 364 g/mol. The molecule has 1 N–H and O–H groups in total. The van der Waals surface area contributed by atoms with Crippen molar-refractivity contribution in [2.45, 2.75) is 13.0 Å². The second kappa shape index (κ2) is 7.99.